The number of alkyl halides is 4. The molecule has 2 aromatic carbocycles. The molecule has 5 aromatic rings. The molecule has 0 aliphatic heterocycles. The normalized spacial score (nSPS) is 11.8. The van der Waals surface area contributed by atoms with Gasteiger partial charge in [-0.15, -0.1) is 0 Å². The smallest absolute Gasteiger partial charge is 0.361 e. The summed E-state index contributed by atoms with van der Waals surface area (Å²) < 4.78 is 57.1. The van der Waals surface area contributed by atoms with Crippen molar-refractivity contribution < 1.29 is 17.6 Å². The van der Waals surface area contributed by atoms with Crippen LogP contribution in [0.25, 0.3) is 21.8 Å². The maximum atomic E-state index is 14.4. The maximum Gasteiger partial charge on any atom is 0.399 e. The lowest BCUT2D eigenvalue weighted by Gasteiger charge is -2.27. The van der Waals surface area contributed by atoms with Crippen LogP contribution in [0, 0.1) is 13.8 Å². The molecule has 0 saturated carbocycles. The number of imidazole rings is 1. The summed E-state index contributed by atoms with van der Waals surface area (Å²) in [6.07, 6.45) is 4.55. The summed E-state index contributed by atoms with van der Waals surface area (Å²) in [5.41, 5.74) is 2.25. The fourth-order valence-electron chi connectivity index (χ4n) is 3.55. The number of aryl methyl sites for hydroxylation is 2. The Balaban J connectivity index is 0.000000220. The van der Waals surface area contributed by atoms with Crippen molar-refractivity contribution >= 4 is 21.8 Å². The molecule has 8 heteroatoms. The molecule has 0 saturated heterocycles. The second-order valence-electron chi connectivity index (χ2n) is 7.27. The fourth-order valence-corrected chi connectivity index (χ4v) is 3.55. The van der Waals surface area contributed by atoms with Gasteiger partial charge in [0.15, 0.2) is 0 Å². The van der Waals surface area contributed by atoms with E-state index in [1.54, 1.807) is 24.3 Å². The van der Waals surface area contributed by atoms with E-state index in [2.05, 4.69) is 40.1 Å². The average molecular weight is 444 g/mol. The summed E-state index contributed by atoms with van der Waals surface area (Å²) in [6, 6.07) is 10.4. The molecule has 0 aliphatic rings. The second kappa shape index (κ2) is 8.53. The molecule has 5 rings (SSSR count). The zero-order valence-electron chi connectivity index (χ0n) is 16.8. The molecule has 0 fully saturated rings. The highest BCUT2D eigenvalue weighted by atomic mass is 19.3. The van der Waals surface area contributed by atoms with Crippen molar-refractivity contribution in [2.45, 2.75) is 33.2 Å². The van der Waals surface area contributed by atoms with E-state index in [9.17, 15) is 17.6 Å². The monoisotopic (exact) mass is 444 g/mol. The van der Waals surface area contributed by atoms with E-state index in [0.717, 1.165) is 12.4 Å². The van der Waals surface area contributed by atoms with Gasteiger partial charge in [-0.3, -0.25) is 4.57 Å². The summed E-state index contributed by atoms with van der Waals surface area (Å²) in [4.78, 5) is 9.00. The van der Waals surface area contributed by atoms with E-state index in [1.807, 2.05) is 12.3 Å². The zero-order valence-corrected chi connectivity index (χ0v) is 16.8. The number of fused-ring (bicyclic) bond motifs is 2. The number of nitrogens with zero attached hydrogens (tertiary/aromatic N) is 2. The Kier molecular flexibility index (Phi) is 6.16. The zero-order chi connectivity index (χ0) is 22.2. The summed E-state index contributed by atoms with van der Waals surface area (Å²) >= 11 is 0. The molecule has 0 spiro atoms. The predicted octanol–water partition coefficient (Wildman–Crippen LogP) is 7.13. The van der Waals surface area contributed by atoms with Gasteiger partial charge in [0.05, 0.1) is 12.0 Å². The van der Waals surface area contributed by atoms with Crippen molar-refractivity contribution in [2.24, 2.45) is 0 Å². The minimum atomic E-state index is -4.42. The van der Waals surface area contributed by atoms with E-state index in [0.29, 0.717) is 17.2 Å². The van der Waals surface area contributed by atoms with Gasteiger partial charge in [0.25, 0.3) is 0 Å². The van der Waals surface area contributed by atoms with Crippen LogP contribution >= 0.6 is 0 Å². The molecular weight excluding hydrogens is 420 g/mol. The Morgan fingerprint density at radius 3 is 2.09 bits per heavy atom. The molecule has 3 heterocycles. The van der Waals surface area contributed by atoms with E-state index in [1.165, 1.54) is 23.4 Å². The number of H-pyrrole nitrogens is 2. The van der Waals surface area contributed by atoms with Gasteiger partial charge >= 0.3 is 12.0 Å². The van der Waals surface area contributed by atoms with Crippen LogP contribution in [-0.2, 0) is 12.0 Å². The number of para-hydroxylation sites is 2. The Hall–Kier alpha value is -3.55. The third-order valence-electron chi connectivity index (χ3n) is 5.28. The molecule has 2 N–H and O–H groups in total. The Bertz CT molecular complexity index is 1320. The Morgan fingerprint density at radius 1 is 0.875 bits per heavy atom. The maximum absolute atomic E-state index is 14.4. The standard InChI is InChI=1S/C14H11F4N3.C9H9N.CH4/c1-9-10-4-2-3-5-11(10)20-12(9)13(15,16)14(17,18)21-7-6-19-8-21;1-7-6-10-9-5-3-2-4-8(7)9;/h2-8,20H,1H3;2-6,10H,1H3;1H4. The number of benzene rings is 2. The largest absolute Gasteiger partial charge is 0.399 e. The molecule has 3 aromatic heterocycles. The van der Waals surface area contributed by atoms with Crippen molar-refractivity contribution in [1.82, 2.24) is 19.5 Å². The first-order valence-corrected chi connectivity index (χ1v) is 9.58. The summed E-state index contributed by atoms with van der Waals surface area (Å²) in [5.74, 6) is -4.39. The van der Waals surface area contributed by atoms with Crippen molar-refractivity contribution in [1.29, 1.82) is 0 Å². The lowest BCUT2D eigenvalue weighted by atomic mass is 10.1. The van der Waals surface area contributed by atoms with E-state index in [-0.39, 0.29) is 17.6 Å². The van der Waals surface area contributed by atoms with Crippen LogP contribution in [0.4, 0.5) is 17.6 Å². The highest BCUT2D eigenvalue weighted by Crippen LogP contribution is 2.47. The van der Waals surface area contributed by atoms with E-state index in [4.69, 9.17) is 0 Å². The van der Waals surface area contributed by atoms with Crippen molar-refractivity contribution in [3.8, 4) is 0 Å². The minimum absolute atomic E-state index is 0. The van der Waals surface area contributed by atoms with Crippen molar-refractivity contribution in [2.75, 3.05) is 0 Å². The van der Waals surface area contributed by atoms with Gasteiger partial charge in [0, 0.05) is 40.4 Å². The first-order valence-electron chi connectivity index (χ1n) is 9.58. The number of hydrogen-bond donors (Lipinski definition) is 2. The number of hydrogen-bond acceptors (Lipinski definition) is 1. The van der Waals surface area contributed by atoms with Gasteiger partial charge in [-0.25, -0.2) is 4.98 Å². The van der Waals surface area contributed by atoms with Gasteiger partial charge in [-0.05, 0) is 37.1 Å². The highest BCUT2D eigenvalue weighted by Gasteiger charge is 2.60. The van der Waals surface area contributed by atoms with Crippen LogP contribution in [-0.4, -0.2) is 19.5 Å². The van der Waals surface area contributed by atoms with Gasteiger partial charge in [-0.1, -0.05) is 43.8 Å². The highest BCUT2D eigenvalue weighted by molar-refractivity contribution is 5.84. The molecule has 4 nitrogen and oxygen atoms in total. The molecule has 0 radical (unpaired) electrons. The van der Waals surface area contributed by atoms with Crippen LogP contribution in [0.2, 0.25) is 0 Å². The first kappa shape index (κ1) is 23.1. The molecule has 0 aliphatic carbocycles. The van der Waals surface area contributed by atoms with Crippen LogP contribution in [0.3, 0.4) is 0 Å². The molecule has 168 valence electrons. The predicted molar refractivity (Wildman–Crippen MR) is 119 cm³/mol. The van der Waals surface area contributed by atoms with Crippen molar-refractivity contribution in [3.63, 3.8) is 0 Å². The first-order chi connectivity index (χ1) is 14.7. The lowest BCUT2D eigenvalue weighted by Crippen LogP contribution is -2.41. The van der Waals surface area contributed by atoms with Gasteiger partial charge in [0.1, 0.15) is 0 Å². The number of aromatic amines is 2. The molecular formula is C24H24F4N4. The second-order valence-corrected chi connectivity index (χ2v) is 7.27. The van der Waals surface area contributed by atoms with Gasteiger partial charge in [0.2, 0.25) is 0 Å². The Morgan fingerprint density at radius 2 is 1.50 bits per heavy atom. The number of aromatic nitrogens is 4. The quantitative estimate of drug-likeness (QED) is 0.286. The van der Waals surface area contributed by atoms with Crippen LogP contribution < -0.4 is 0 Å². The molecule has 0 unspecified atom stereocenters. The van der Waals surface area contributed by atoms with Crippen LogP contribution in [0.5, 0.6) is 0 Å². The third-order valence-corrected chi connectivity index (χ3v) is 5.28. The number of rotatable bonds is 3. The Labute approximate surface area is 182 Å². The molecule has 32 heavy (non-hydrogen) atoms. The van der Waals surface area contributed by atoms with Crippen LogP contribution in [0.15, 0.2) is 73.4 Å². The number of halogens is 4. The van der Waals surface area contributed by atoms with Crippen molar-refractivity contribution in [3.05, 3.63) is 90.3 Å². The molecule has 0 amide bonds. The molecule has 0 bridgehead atoms. The third kappa shape index (κ3) is 3.77. The SMILES string of the molecule is C.Cc1c(C(F)(F)C(F)(F)n2ccnc2)[nH]c2ccccc12.Cc1c[nH]c2ccccc12. The number of nitrogens with one attached hydrogen (secondary N) is 2. The summed E-state index contributed by atoms with van der Waals surface area (Å²) in [5, 5.41) is 1.82. The van der Waals surface area contributed by atoms with Gasteiger partial charge in [-0.2, -0.15) is 17.6 Å². The summed E-state index contributed by atoms with van der Waals surface area (Å²) in [7, 11) is 0. The minimum Gasteiger partial charge on any atom is -0.361 e. The van der Waals surface area contributed by atoms with Crippen LogP contribution in [0.1, 0.15) is 24.2 Å². The fraction of sp³-hybridized carbons (Fsp3) is 0.208. The van der Waals surface area contributed by atoms with E-state index >= 15 is 0 Å². The average Bonchev–Trinajstić information content (AvgIpc) is 3.49. The topological polar surface area (TPSA) is 49.4 Å². The van der Waals surface area contributed by atoms with E-state index < -0.39 is 17.7 Å². The molecule has 0 atom stereocenters. The van der Waals surface area contributed by atoms with Gasteiger partial charge < -0.3 is 9.97 Å². The lowest BCUT2D eigenvalue weighted by molar-refractivity contribution is -0.269. The summed E-state index contributed by atoms with van der Waals surface area (Å²) in [6.45, 7) is 3.50.